The number of sulfone groups is 1. The molecule has 6 heteroatoms. The lowest BCUT2D eigenvalue weighted by Gasteiger charge is -2.02. The molecule has 0 aliphatic heterocycles. The topological polar surface area (TPSA) is 71.4 Å². The molecule has 1 aromatic carbocycles. The van der Waals surface area contributed by atoms with Crippen LogP contribution in [0.4, 0.5) is 0 Å². The molecule has 1 rings (SSSR count). The molecule has 0 heterocycles. The Balaban J connectivity index is 3.28. The van der Waals surface area contributed by atoms with Crippen LogP contribution >= 0.6 is 0 Å². The average molecular weight is 234 g/mol. The van der Waals surface area contributed by atoms with Gasteiger partial charge in [-0.2, -0.15) is 0 Å². The van der Waals surface area contributed by atoms with Crippen LogP contribution in [0.15, 0.2) is 34.1 Å². The summed E-state index contributed by atoms with van der Waals surface area (Å²) in [7, 11) is -6.52. The maximum absolute atomic E-state index is 11.0. The van der Waals surface area contributed by atoms with Crippen LogP contribution in [-0.2, 0) is 19.6 Å². The molecule has 0 aliphatic carbocycles. The van der Waals surface area contributed by atoms with Crippen molar-refractivity contribution >= 4 is 25.5 Å². The van der Waals surface area contributed by atoms with Gasteiger partial charge in [-0.1, -0.05) is 0 Å². The second kappa shape index (κ2) is 3.38. The summed E-state index contributed by atoms with van der Waals surface area (Å²) in [5, 5.41) is 0. The molecule has 1 atom stereocenters. The second-order valence-corrected chi connectivity index (χ2v) is 6.65. The summed E-state index contributed by atoms with van der Waals surface area (Å²) in [6.07, 6.45) is 1.07. The molecular weight excluding hydrogens is 224 g/mol. The molecule has 0 saturated carbocycles. The van der Waals surface area contributed by atoms with E-state index in [1.807, 2.05) is 0 Å². The van der Waals surface area contributed by atoms with Gasteiger partial charge in [-0.15, -0.1) is 0 Å². The lowest BCUT2D eigenvalue weighted by molar-refractivity contribution is 0.560. The maximum Gasteiger partial charge on any atom is 0.175 e. The summed E-state index contributed by atoms with van der Waals surface area (Å²) in [5.41, 5.74) is 0. The summed E-state index contributed by atoms with van der Waals surface area (Å²) >= 11 is 0. The Bertz CT molecular complexity index is 472. The lowest BCUT2D eigenvalue weighted by atomic mass is 10.4. The summed E-state index contributed by atoms with van der Waals surface area (Å²) in [5.74, 6) is 3.07. The Hall–Kier alpha value is -0.850. The van der Waals surface area contributed by atoms with Crippen molar-refractivity contribution in [2.24, 2.45) is 0 Å². The number of hydrogen-bond donors (Lipinski definition) is 1. The van der Waals surface area contributed by atoms with Crippen molar-refractivity contribution in [1.82, 2.24) is 0 Å². The molecule has 1 N–H and O–H groups in total. The first kappa shape index (κ1) is 11.2. The Morgan fingerprint density at radius 1 is 1.07 bits per heavy atom. The molecule has 78 valence electrons. The van der Waals surface area contributed by atoms with E-state index in [1.165, 1.54) is 24.3 Å². The smallest absolute Gasteiger partial charge is 0.175 e. The van der Waals surface area contributed by atoms with Gasteiger partial charge in [-0.3, -0.25) is 0 Å². The van der Waals surface area contributed by atoms with E-state index < -0.39 is 19.6 Å². The van der Waals surface area contributed by atoms with Crippen LogP contribution in [0, 0.1) is 0 Å². The van der Waals surface area contributed by atoms with Crippen molar-refractivity contribution in [2.75, 3.05) is 6.26 Å². The molecule has 0 aliphatic rings. The van der Waals surface area contributed by atoms with E-state index in [4.69, 9.17) is 4.55 Å². The van der Waals surface area contributed by atoms with Gasteiger partial charge < -0.3 is 4.55 Å². The molecule has 0 saturated heterocycles. The van der Waals surface area contributed by atoms with Crippen LogP contribution in [0.2, 0.25) is 0 Å². The molecular formula is C8H10O4S2. The highest BCUT2D eigenvalue weighted by Crippen LogP contribution is 2.13. The Kier molecular flexibility index (Phi) is 2.71. The van der Waals surface area contributed by atoms with Crippen molar-refractivity contribution in [3.05, 3.63) is 24.3 Å². The van der Waals surface area contributed by atoms with E-state index >= 15 is 0 Å². The zero-order chi connectivity index (χ0) is 11.0. The van der Waals surface area contributed by atoms with E-state index in [1.54, 1.807) is 0 Å². The van der Waals surface area contributed by atoms with E-state index in [-0.39, 0.29) is 9.79 Å². The normalized spacial score (nSPS) is 16.1. The first-order valence-electron chi connectivity index (χ1n) is 3.61. The van der Waals surface area contributed by atoms with Crippen LogP contribution in [0.25, 0.3) is 0 Å². The first-order valence-corrected chi connectivity index (χ1v) is 7.18. The molecule has 0 fully saturated rings. The van der Waals surface area contributed by atoms with Crippen LogP contribution in [0.1, 0.15) is 0 Å². The van der Waals surface area contributed by atoms with Crippen molar-refractivity contribution in [3.8, 4) is 0 Å². The van der Waals surface area contributed by atoms with E-state index in [9.17, 15) is 12.6 Å². The van der Waals surface area contributed by atoms with Crippen LogP contribution in [-0.4, -0.2) is 29.3 Å². The zero-order valence-corrected chi connectivity index (χ0v) is 9.14. The summed E-state index contributed by atoms with van der Waals surface area (Å²) in [6.45, 7) is 0. The van der Waals surface area contributed by atoms with Crippen LogP contribution in [0.5, 0.6) is 0 Å². The predicted octanol–water partition coefficient (Wildman–Crippen LogP) is 0.638. The van der Waals surface area contributed by atoms with Gasteiger partial charge in [-0.25, -0.2) is 12.6 Å². The maximum atomic E-state index is 11.0. The first-order chi connectivity index (χ1) is 6.21. The molecule has 0 bridgehead atoms. The molecule has 0 radical (unpaired) electrons. The quantitative estimate of drug-likeness (QED) is 0.762. The molecule has 0 aromatic heterocycles. The van der Waals surface area contributed by atoms with Gasteiger partial charge in [0.1, 0.15) is 9.80 Å². The Labute approximate surface area is 83.3 Å². The fourth-order valence-corrected chi connectivity index (χ4v) is 2.09. The van der Waals surface area contributed by atoms with E-state index in [2.05, 4.69) is 5.87 Å². The summed E-state index contributed by atoms with van der Waals surface area (Å²) in [6, 6.07) is 5.13. The number of benzene rings is 1. The molecule has 1 aromatic rings. The minimum absolute atomic E-state index is 0.116. The standard InChI is InChI=1S/C8H10O4S2/c1-13(9,10)7-3-5-8(6-4-7)14(2,11)12/h3-6H,1H2,2H3,(H,9,10). The Morgan fingerprint density at radius 3 is 1.71 bits per heavy atom. The fourth-order valence-electron chi connectivity index (χ4n) is 0.899. The predicted molar refractivity (Wildman–Crippen MR) is 55.7 cm³/mol. The second-order valence-electron chi connectivity index (χ2n) is 2.88. The van der Waals surface area contributed by atoms with Gasteiger partial charge in [0.15, 0.2) is 9.84 Å². The third-order valence-electron chi connectivity index (χ3n) is 1.62. The monoisotopic (exact) mass is 234 g/mol. The summed E-state index contributed by atoms with van der Waals surface area (Å²) < 4.78 is 42.2. The highest BCUT2D eigenvalue weighted by molar-refractivity contribution is 7.95. The third-order valence-corrected chi connectivity index (χ3v) is 3.76. The minimum Gasteiger partial charge on any atom is -0.310 e. The largest absolute Gasteiger partial charge is 0.310 e. The fraction of sp³-hybridized carbons (Fsp3) is 0.125. The van der Waals surface area contributed by atoms with Gasteiger partial charge in [-0.05, 0) is 30.1 Å². The highest BCUT2D eigenvalue weighted by atomic mass is 32.2. The van der Waals surface area contributed by atoms with Crippen molar-refractivity contribution in [2.45, 2.75) is 9.79 Å². The molecule has 14 heavy (non-hydrogen) atoms. The van der Waals surface area contributed by atoms with Gasteiger partial charge in [0, 0.05) is 6.26 Å². The van der Waals surface area contributed by atoms with Crippen molar-refractivity contribution < 1.29 is 17.2 Å². The summed E-state index contributed by atoms with van der Waals surface area (Å²) in [4.78, 5) is 0.231. The van der Waals surface area contributed by atoms with Crippen molar-refractivity contribution in [1.29, 1.82) is 0 Å². The Morgan fingerprint density at radius 2 is 1.43 bits per heavy atom. The number of rotatable bonds is 2. The van der Waals surface area contributed by atoms with E-state index in [0.717, 1.165) is 6.26 Å². The van der Waals surface area contributed by atoms with Crippen LogP contribution in [0.3, 0.4) is 0 Å². The van der Waals surface area contributed by atoms with Gasteiger partial charge in [0.25, 0.3) is 0 Å². The van der Waals surface area contributed by atoms with Crippen LogP contribution < -0.4 is 0 Å². The minimum atomic E-state index is -3.26. The SMILES string of the molecule is C=S(=O)(O)c1ccc(S(C)(=O)=O)cc1. The zero-order valence-electron chi connectivity index (χ0n) is 7.50. The van der Waals surface area contributed by atoms with E-state index in [0.29, 0.717) is 0 Å². The molecule has 1 unspecified atom stereocenters. The van der Waals surface area contributed by atoms with Gasteiger partial charge >= 0.3 is 0 Å². The van der Waals surface area contributed by atoms with Gasteiger partial charge in [0.2, 0.25) is 0 Å². The van der Waals surface area contributed by atoms with Gasteiger partial charge in [0.05, 0.1) is 9.79 Å². The lowest BCUT2D eigenvalue weighted by Crippen LogP contribution is -2.00. The average Bonchev–Trinajstić information content (AvgIpc) is 2.01. The molecule has 4 nitrogen and oxygen atoms in total. The molecule has 0 spiro atoms. The highest BCUT2D eigenvalue weighted by Gasteiger charge is 2.08. The number of hydrogen-bond acceptors (Lipinski definition) is 3. The third kappa shape index (κ3) is 2.57. The molecule has 0 amide bonds. The van der Waals surface area contributed by atoms with Crippen molar-refractivity contribution in [3.63, 3.8) is 0 Å².